The second kappa shape index (κ2) is 7.86. The number of nitrogens with one attached hydrogen (secondary N) is 1. The normalized spacial score (nSPS) is 10.3. The van der Waals surface area contributed by atoms with Crippen LogP contribution in [-0.4, -0.2) is 12.5 Å². The molecule has 0 atom stereocenters. The average molecular weight is 352 g/mol. The maximum Gasteiger partial charge on any atom is 0.262 e. The lowest BCUT2D eigenvalue weighted by atomic mass is 10.0. The Bertz CT molecular complexity index is 861. The van der Waals surface area contributed by atoms with Crippen LogP contribution in [0.25, 0.3) is 11.1 Å². The molecule has 0 bridgehead atoms. The van der Waals surface area contributed by atoms with E-state index in [9.17, 15) is 4.79 Å². The Labute approximate surface area is 152 Å². The number of carbonyl (C=O) groups is 1. The van der Waals surface area contributed by atoms with Gasteiger partial charge in [0.15, 0.2) is 6.61 Å². The molecule has 126 valence electrons. The highest BCUT2D eigenvalue weighted by molar-refractivity contribution is 6.30. The maximum absolute atomic E-state index is 12.0. The fourth-order valence-electron chi connectivity index (χ4n) is 2.55. The number of anilines is 1. The molecule has 3 rings (SSSR count). The Morgan fingerprint density at radius 3 is 2.40 bits per heavy atom. The largest absolute Gasteiger partial charge is 0.484 e. The second-order valence-corrected chi connectivity index (χ2v) is 6.12. The van der Waals surface area contributed by atoms with Crippen LogP contribution in [0.3, 0.4) is 0 Å². The van der Waals surface area contributed by atoms with Gasteiger partial charge in [0, 0.05) is 10.7 Å². The summed E-state index contributed by atoms with van der Waals surface area (Å²) in [6.07, 6.45) is 0. The molecule has 0 aromatic heterocycles. The average Bonchev–Trinajstić information content (AvgIpc) is 2.63. The standard InChI is InChI=1S/C21H18ClNO2/c1-15-13-19(11-12-20(15)16-5-3-2-4-6-16)25-14-21(24)23-18-9-7-17(22)8-10-18/h2-13H,14H2,1H3,(H,23,24). The third kappa shape index (κ3) is 4.61. The molecule has 3 nitrogen and oxygen atoms in total. The van der Waals surface area contributed by atoms with Crippen LogP contribution in [0.5, 0.6) is 5.75 Å². The van der Waals surface area contributed by atoms with Gasteiger partial charge in [-0.25, -0.2) is 0 Å². The van der Waals surface area contributed by atoms with Crippen molar-refractivity contribution in [2.45, 2.75) is 6.92 Å². The monoisotopic (exact) mass is 351 g/mol. The first kappa shape index (κ1) is 17.1. The lowest BCUT2D eigenvalue weighted by Crippen LogP contribution is -2.20. The number of hydrogen-bond donors (Lipinski definition) is 1. The molecule has 25 heavy (non-hydrogen) atoms. The summed E-state index contributed by atoms with van der Waals surface area (Å²) in [6, 6.07) is 23.0. The maximum atomic E-state index is 12.0. The minimum Gasteiger partial charge on any atom is -0.484 e. The summed E-state index contributed by atoms with van der Waals surface area (Å²) in [5.41, 5.74) is 4.10. The van der Waals surface area contributed by atoms with Crippen molar-refractivity contribution in [3.05, 3.63) is 83.4 Å². The van der Waals surface area contributed by atoms with Gasteiger partial charge in [-0.1, -0.05) is 48.0 Å². The van der Waals surface area contributed by atoms with Crippen molar-refractivity contribution in [1.29, 1.82) is 0 Å². The van der Waals surface area contributed by atoms with Crippen molar-refractivity contribution in [3.8, 4) is 16.9 Å². The van der Waals surface area contributed by atoms with E-state index in [-0.39, 0.29) is 12.5 Å². The summed E-state index contributed by atoms with van der Waals surface area (Å²) in [5, 5.41) is 3.40. The van der Waals surface area contributed by atoms with Crippen molar-refractivity contribution in [2.24, 2.45) is 0 Å². The minimum absolute atomic E-state index is 0.0489. The van der Waals surface area contributed by atoms with Gasteiger partial charge in [0.1, 0.15) is 5.75 Å². The smallest absolute Gasteiger partial charge is 0.262 e. The highest BCUT2D eigenvalue weighted by Crippen LogP contribution is 2.26. The molecule has 1 amide bonds. The zero-order chi connectivity index (χ0) is 17.6. The molecule has 0 spiro atoms. The molecule has 0 radical (unpaired) electrons. The predicted octanol–water partition coefficient (Wildman–Crippen LogP) is 5.33. The van der Waals surface area contributed by atoms with E-state index in [1.54, 1.807) is 24.3 Å². The van der Waals surface area contributed by atoms with E-state index in [2.05, 4.69) is 17.4 Å². The number of halogens is 1. The highest BCUT2D eigenvalue weighted by Gasteiger charge is 2.06. The van der Waals surface area contributed by atoms with Crippen LogP contribution >= 0.6 is 11.6 Å². The van der Waals surface area contributed by atoms with Crippen molar-refractivity contribution in [1.82, 2.24) is 0 Å². The molecule has 0 aliphatic carbocycles. The molecule has 1 N–H and O–H groups in total. The lowest BCUT2D eigenvalue weighted by Gasteiger charge is -2.11. The highest BCUT2D eigenvalue weighted by atomic mass is 35.5. The number of ether oxygens (including phenoxy) is 1. The Hall–Kier alpha value is -2.78. The quantitative estimate of drug-likeness (QED) is 0.674. The van der Waals surface area contributed by atoms with Gasteiger partial charge in [0.05, 0.1) is 0 Å². The third-order valence-corrected chi connectivity index (χ3v) is 4.03. The lowest BCUT2D eigenvalue weighted by molar-refractivity contribution is -0.118. The number of aryl methyl sites for hydroxylation is 1. The third-order valence-electron chi connectivity index (χ3n) is 3.78. The number of hydrogen-bond acceptors (Lipinski definition) is 2. The van der Waals surface area contributed by atoms with E-state index in [4.69, 9.17) is 16.3 Å². The van der Waals surface area contributed by atoms with E-state index in [1.807, 2.05) is 43.3 Å². The first-order valence-corrected chi connectivity index (χ1v) is 8.34. The summed E-state index contributed by atoms with van der Waals surface area (Å²) >= 11 is 5.82. The molecule has 0 fully saturated rings. The van der Waals surface area contributed by atoms with E-state index >= 15 is 0 Å². The van der Waals surface area contributed by atoms with Gasteiger partial charge in [-0.15, -0.1) is 0 Å². The Kier molecular flexibility index (Phi) is 5.36. The predicted molar refractivity (Wildman–Crippen MR) is 102 cm³/mol. The summed E-state index contributed by atoms with van der Waals surface area (Å²) in [5.74, 6) is 0.454. The topological polar surface area (TPSA) is 38.3 Å². The van der Waals surface area contributed by atoms with E-state index in [0.717, 1.165) is 16.7 Å². The first-order valence-electron chi connectivity index (χ1n) is 7.96. The molecule has 0 saturated heterocycles. The number of benzene rings is 3. The van der Waals surface area contributed by atoms with Gasteiger partial charge in [0.25, 0.3) is 5.91 Å². The zero-order valence-electron chi connectivity index (χ0n) is 13.8. The van der Waals surface area contributed by atoms with Gasteiger partial charge < -0.3 is 10.1 Å². The molecule has 0 aliphatic rings. The number of amides is 1. The van der Waals surface area contributed by atoms with Crippen molar-refractivity contribution in [2.75, 3.05) is 11.9 Å². The SMILES string of the molecule is Cc1cc(OCC(=O)Nc2ccc(Cl)cc2)ccc1-c1ccccc1. The van der Waals surface area contributed by atoms with Crippen LogP contribution in [-0.2, 0) is 4.79 Å². The molecule has 3 aromatic rings. The molecule has 4 heteroatoms. The zero-order valence-corrected chi connectivity index (χ0v) is 14.6. The Morgan fingerprint density at radius 2 is 1.72 bits per heavy atom. The van der Waals surface area contributed by atoms with Crippen LogP contribution in [0, 0.1) is 6.92 Å². The molecule has 3 aromatic carbocycles. The van der Waals surface area contributed by atoms with E-state index in [1.165, 1.54) is 0 Å². The fraction of sp³-hybridized carbons (Fsp3) is 0.0952. The van der Waals surface area contributed by atoms with Gasteiger partial charge in [-0.2, -0.15) is 0 Å². The molecule has 0 unspecified atom stereocenters. The molecule has 0 saturated carbocycles. The molecular formula is C21H18ClNO2. The summed E-state index contributed by atoms with van der Waals surface area (Å²) < 4.78 is 5.60. The summed E-state index contributed by atoms with van der Waals surface area (Å²) in [4.78, 5) is 12.0. The van der Waals surface area contributed by atoms with Crippen LogP contribution in [0.15, 0.2) is 72.8 Å². The van der Waals surface area contributed by atoms with Crippen LogP contribution in [0.2, 0.25) is 5.02 Å². The first-order chi connectivity index (χ1) is 12.1. The molecular weight excluding hydrogens is 334 g/mol. The van der Waals surface area contributed by atoms with Crippen LogP contribution in [0.4, 0.5) is 5.69 Å². The van der Waals surface area contributed by atoms with Crippen molar-refractivity contribution >= 4 is 23.2 Å². The molecule has 0 heterocycles. The Balaban J connectivity index is 1.61. The summed E-state index contributed by atoms with van der Waals surface area (Å²) in [7, 11) is 0. The van der Waals surface area contributed by atoms with Gasteiger partial charge in [-0.05, 0) is 60.0 Å². The number of carbonyl (C=O) groups excluding carboxylic acids is 1. The van der Waals surface area contributed by atoms with Crippen LogP contribution < -0.4 is 10.1 Å². The van der Waals surface area contributed by atoms with E-state index < -0.39 is 0 Å². The van der Waals surface area contributed by atoms with Crippen molar-refractivity contribution in [3.63, 3.8) is 0 Å². The van der Waals surface area contributed by atoms with Gasteiger partial charge in [0.2, 0.25) is 0 Å². The van der Waals surface area contributed by atoms with Gasteiger partial charge in [-0.3, -0.25) is 4.79 Å². The van der Waals surface area contributed by atoms with E-state index in [0.29, 0.717) is 16.5 Å². The Morgan fingerprint density at radius 1 is 1.00 bits per heavy atom. The van der Waals surface area contributed by atoms with Gasteiger partial charge >= 0.3 is 0 Å². The number of rotatable bonds is 5. The summed E-state index contributed by atoms with van der Waals surface area (Å²) in [6.45, 7) is 1.98. The van der Waals surface area contributed by atoms with Crippen LogP contribution in [0.1, 0.15) is 5.56 Å². The molecule has 0 aliphatic heterocycles. The minimum atomic E-state index is -0.216. The second-order valence-electron chi connectivity index (χ2n) is 5.69. The van der Waals surface area contributed by atoms with Crippen molar-refractivity contribution < 1.29 is 9.53 Å². The fourth-order valence-corrected chi connectivity index (χ4v) is 2.67.